The van der Waals surface area contributed by atoms with Gasteiger partial charge in [-0.2, -0.15) is 4.31 Å². The van der Waals surface area contributed by atoms with E-state index < -0.39 is 10.0 Å². The molecule has 1 atom stereocenters. The number of sulfonamides is 1. The minimum atomic E-state index is -3.47. The molecule has 1 aromatic rings. The zero-order valence-corrected chi connectivity index (χ0v) is 12.8. The van der Waals surface area contributed by atoms with E-state index in [4.69, 9.17) is 16.3 Å². The Bertz CT molecular complexity index is 490. The van der Waals surface area contributed by atoms with Crippen LogP contribution in [-0.4, -0.2) is 44.4 Å². The van der Waals surface area contributed by atoms with Crippen molar-refractivity contribution < 1.29 is 13.2 Å². The maximum Gasteiger partial charge on any atom is 0.254 e. The molecule has 2 heterocycles. The van der Waals surface area contributed by atoms with Gasteiger partial charge >= 0.3 is 0 Å². The summed E-state index contributed by atoms with van der Waals surface area (Å²) in [4.78, 5) is 0. The first-order valence-electron chi connectivity index (χ1n) is 4.96. The normalized spacial score (nSPS) is 22.8. The summed E-state index contributed by atoms with van der Waals surface area (Å²) in [6, 6.07) is 1.44. The minimum absolute atomic E-state index is 0.238. The quantitative estimate of drug-likeness (QED) is 0.776. The Morgan fingerprint density at radius 1 is 1.65 bits per heavy atom. The third kappa shape index (κ3) is 2.69. The molecule has 0 N–H and O–H groups in total. The number of alkyl halides is 1. The summed E-state index contributed by atoms with van der Waals surface area (Å²) in [5.74, 6) is 0.238. The summed E-state index contributed by atoms with van der Waals surface area (Å²) in [5, 5.41) is 1.74. The van der Waals surface area contributed by atoms with Gasteiger partial charge in [0.05, 0.1) is 19.3 Å². The highest BCUT2D eigenvalue weighted by molar-refractivity contribution is 9.10. The molecule has 4 nitrogen and oxygen atoms in total. The number of halogens is 2. The van der Waals surface area contributed by atoms with Crippen LogP contribution >= 0.6 is 38.9 Å². The Labute approximate surface area is 118 Å². The number of hydrogen-bond donors (Lipinski definition) is 0. The standard InChI is InChI=1S/C9H11BrClNO3S2/c10-8-1-4-16-9(8)17(13,14)12-2-3-15-6-7(12)5-11/h1,4,7H,2-3,5-6H2. The van der Waals surface area contributed by atoms with Crippen LogP contribution in [0, 0.1) is 0 Å². The fraction of sp³-hybridized carbons (Fsp3) is 0.556. The van der Waals surface area contributed by atoms with Gasteiger partial charge in [-0.15, -0.1) is 22.9 Å². The van der Waals surface area contributed by atoms with Crippen LogP contribution in [0.15, 0.2) is 20.1 Å². The van der Waals surface area contributed by atoms with Crippen molar-refractivity contribution >= 4 is 48.9 Å². The van der Waals surface area contributed by atoms with Crippen LogP contribution in [0.5, 0.6) is 0 Å². The van der Waals surface area contributed by atoms with Crippen molar-refractivity contribution in [1.82, 2.24) is 4.31 Å². The van der Waals surface area contributed by atoms with Gasteiger partial charge in [0.1, 0.15) is 4.21 Å². The Morgan fingerprint density at radius 2 is 2.41 bits per heavy atom. The smallest absolute Gasteiger partial charge is 0.254 e. The van der Waals surface area contributed by atoms with Gasteiger partial charge in [0.15, 0.2) is 0 Å². The van der Waals surface area contributed by atoms with Crippen molar-refractivity contribution in [2.75, 3.05) is 25.6 Å². The SMILES string of the molecule is O=S(=O)(c1sccc1Br)N1CCOCC1CCl. The third-order valence-electron chi connectivity index (χ3n) is 2.48. The van der Waals surface area contributed by atoms with Crippen molar-refractivity contribution in [2.24, 2.45) is 0 Å². The molecule has 0 amide bonds. The van der Waals surface area contributed by atoms with E-state index in [1.54, 1.807) is 11.4 Å². The van der Waals surface area contributed by atoms with Gasteiger partial charge in [0, 0.05) is 16.9 Å². The lowest BCUT2D eigenvalue weighted by Gasteiger charge is -2.32. The largest absolute Gasteiger partial charge is 0.378 e. The fourth-order valence-electron chi connectivity index (χ4n) is 1.65. The second-order valence-electron chi connectivity index (χ2n) is 3.55. The molecule has 0 radical (unpaired) electrons. The Hall–Kier alpha value is 0.340. The second-order valence-corrected chi connectivity index (χ2v) is 7.72. The van der Waals surface area contributed by atoms with E-state index in [1.807, 2.05) is 0 Å². The Balaban J connectivity index is 2.34. The number of rotatable bonds is 3. The molecule has 8 heteroatoms. The summed E-state index contributed by atoms with van der Waals surface area (Å²) in [6.07, 6.45) is 0. The average molecular weight is 361 g/mol. The lowest BCUT2D eigenvalue weighted by molar-refractivity contribution is 0.0405. The predicted octanol–water partition coefficient (Wildman–Crippen LogP) is 2.14. The van der Waals surface area contributed by atoms with Crippen LogP contribution in [-0.2, 0) is 14.8 Å². The number of ether oxygens (including phenoxy) is 1. The fourth-order valence-corrected chi connectivity index (χ4v) is 6.01. The van der Waals surface area contributed by atoms with Crippen LogP contribution in [0.1, 0.15) is 0 Å². The molecule has 0 aromatic carbocycles. The molecule has 1 saturated heterocycles. The van der Waals surface area contributed by atoms with Gasteiger partial charge in [0.25, 0.3) is 10.0 Å². The minimum Gasteiger partial charge on any atom is -0.378 e. The van der Waals surface area contributed by atoms with E-state index in [0.717, 1.165) is 0 Å². The lowest BCUT2D eigenvalue weighted by Crippen LogP contribution is -2.49. The highest BCUT2D eigenvalue weighted by atomic mass is 79.9. The summed E-state index contributed by atoms with van der Waals surface area (Å²) in [6.45, 7) is 1.12. The van der Waals surface area contributed by atoms with Crippen LogP contribution in [0.4, 0.5) is 0 Å². The first-order valence-corrected chi connectivity index (χ1v) is 8.60. The van der Waals surface area contributed by atoms with Gasteiger partial charge in [-0.1, -0.05) is 0 Å². The van der Waals surface area contributed by atoms with Gasteiger partial charge < -0.3 is 4.74 Å². The molecular weight excluding hydrogens is 350 g/mol. The monoisotopic (exact) mass is 359 g/mol. The van der Waals surface area contributed by atoms with Crippen molar-refractivity contribution in [3.63, 3.8) is 0 Å². The molecule has 17 heavy (non-hydrogen) atoms. The number of morpholine rings is 1. The molecule has 2 rings (SSSR count). The van der Waals surface area contributed by atoms with E-state index in [9.17, 15) is 8.42 Å². The highest BCUT2D eigenvalue weighted by Gasteiger charge is 2.35. The number of hydrogen-bond acceptors (Lipinski definition) is 4. The molecule has 0 spiro atoms. The molecule has 1 aliphatic heterocycles. The van der Waals surface area contributed by atoms with Crippen molar-refractivity contribution in [3.05, 3.63) is 15.9 Å². The van der Waals surface area contributed by atoms with Crippen LogP contribution in [0.25, 0.3) is 0 Å². The maximum atomic E-state index is 12.4. The Morgan fingerprint density at radius 3 is 3.00 bits per heavy atom. The first-order chi connectivity index (χ1) is 8.07. The van der Waals surface area contributed by atoms with Gasteiger partial charge in [-0.3, -0.25) is 0 Å². The summed E-state index contributed by atoms with van der Waals surface area (Å²) >= 11 is 10.2. The van der Waals surface area contributed by atoms with Crippen LogP contribution in [0.3, 0.4) is 0 Å². The topological polar surface area (TPSA) is 46.6 Å². The van der Waals surface area contributed by atoms with E-state index in [2.05, 4.69) is 15.9 Å². The van der Waals surface area contributed by atoms with Crippen molar-refractivity contribution in [1.29, 1.82) is 0 Å². The molecular formula is C9H11BrClNO3S2. The zero-order valence-electron chi connectivity index (χ0n) is 8.80. The van der Waals surface area contributed by atoms with E-state index in [-0.39, 0.29) is 11.9 Å². The number of thiophene rings is 1. The van der Waals surface area contributed by atoms with Gasteiger partial charge in [-0.25, -0.2) is 8.42 Å². The summed E-state index contributed by atoms with van der Waals surface area (Å²) in [5.41, 5.74) is 0. The first kappa shape index (κ1) is 13.8. The predicted molar refractivity (Wildman–Crippen MR) is 71.2 cm³/mol. The molecule has 0 saturated carbocycles. The molecule has 1 aliphatic rings. The molecule has 1 fully saturated rings. The molecule has 96 valence electrons. The van der Waals surface area contributed by atoms with Crippen molar-refractivity contribution in [3.8, 4) is 0 Å². The number of nitrogens with zero attached hydrogens (tertiary/aromatic N) is 1. The van der Waals surface area contributed by atoms with Crippen LogP contribution in [0.2, 0.25) is 0 Å². The lowest BCUT2D eigenvalue weighted by atomic mass is 10.3. The molecule has 1 aromatic heterocycles. The van der Waals surface area contributed by atoms with Gasteiger partial charge in [-0.05, 0) is 27.4 Å². The summed E-state index contributed by atoms with van der Waals surface area (Å²) in [7, 11) is -3.47. The maximum absolute atomic E-state index is 12.4. The van der Waals surface area contributed by atoms with Gasteiger partial charge in [0.2, 0.25) is 0 Å². The van der Waals surface area contributed by atoms with Crippen molar-refractivity contribution in [2.45, 2.75) is 10.3 Å². The average Bonchev–Trinajstić information content (AvgIpc) is 2.76. The van der Waals surface area contributed by atoms with E-state index in [0.29, 0.717) is 28.4 Å². The summed E-state index contributed by atoms with van der Waals surface area (Å²) < 4.78 is 32.5. The van der Waals surface area contributed by atoms with E-state index in [1.165, 1.54) is 15.6 Å². The molecule has 0 aliphatic carbocycles. The second kappa shape index (κ2) is 5.54. The third-order valence-corrected chi connectivity index (χ3v) is 7.43. The van der Waals surface area contributed by atoms with Crippen LogP contribution < -0.4 is 0 Å². The Kier molecular flexibility index (Phi) is 4.49. The zero-order chi connectivity index (χ0) is 12.5. The van der Waals surface area contributed by atoms with E-state index >= 15 is 0 Å². The molecule has 0 bridgehead atoms. The molecule has 1 unspecified atom stereocenters. The highest BCUT2D eigenvalue weighted by Crippen LogP contribution is 2.31.